The van der Waals surface area contributed by atoms with Crippen LogP contribution in [0.4, 0.5) is 8.78 Å². The summed E-state index contributed by atoms with van der Waals surface area (Å²) in [6, 6.07) is 2.23. The summed E-state index contributed by atoms with van der Waals surface area (Å²) in [5.41, 5.74) is 0.307. The lowest BCUT2D eigenvalue weighted by Crippen LogP contribution is -1.95. The van der Waals surface area contributed by atoms with E-state index in [1.807, 2.05) is 0 Å². The molecule has 0 fully saturated rings. The molecule has 0 radical (unpaired) electrons. The molecule has 0 N–H and O–H groups in total. The van der Waals surface area contributed by atoms with Gasteiger partial charge in [-0.15, -0.1) is 0 Å². The molecule has 3 nitrogen and oxygen atoms in total. The van der Waals surface area contributed by atoms with Gasteiger partial charge in [-0.1, -0.05) is 0 Å². The molecular weight excluding hydrogens is 218 g/mol. The third-order valence-electron chi connectivity index (χ3n) is 1.85. The van der Waals surface area contributed by atoms with E-state index in [-0.39, 0.29) is 5.75 Å². The summed E-state index contributed by atoms with van der Waals surface area (Å²) in [7, 11) is 2.45. The molecule has 0 unspecified atom stereocenters. The van der Waals surface area contributed by atoms with Crippen LogP contribution in [0.1, 0.15) is 5.56 Å². The van der Waals surface area contributed by atoms with E-state index >= 15 is 0 Å². The predicted octanol–water partition coefficient (Wildman–Crippen LogP) is 2.16. The normalized spacial score (nSPS) is 10.5. The number of halogens is 2. The third kappa shape index (κ3) is 2.79. The van der Waals surface area contributed by atoms with Gasteiger partial charge in [0.05, 0.1) is 14.2 Å². The Morgan fingerprint density at radius 3 is 2.56 bits per heavy atom. The first-order chi connectivity index (χ1) is 7.58. The van der Waals surface area contributed by atoms with E-state index in [0.717, 1.165) is 12.1 Å². The number of esters is 1. The Morgan fingerprint density at radius 1 is 1.31 bits per heavy atom. The van der Waals surface area contributed by atoms with Crippen molar-refractivity contribution in [3.8, 4) is 5.75 Å². The van der Waals surface area contributed by atoms with Crippen molar-refractivity contribution in [1.29, 1.82) is 0 Å². The van der Waals surface area contributed by atoms with Gasteiger partial charge in [0.25, 0.3) is 0 Å². The second-order valence-electron chi connectivity index (χ2n) is 2.88. The van der Waals surface area contributed by atoms with Gasteiger partial charge in [-0.3, -0.25) is 0 Å². The van der Waals surface area contributed by atoms with E-state index < -0.39 is 17.6 Å². The fourth-order valence-corrected chi connectivity index (χ4v) is 1.06. The molecule has 0 heterocycles. The van der Waals surface area contributed by atoms with E-state index in [1.165, 1.54) is 26.4 Å². The van der Waals surface area contributed by atoms with Crippen LogP contribution >= 0.6 is 0 Å². The summed E-state index contributed by atoms with van der Waals surface area (Å²) in [6.45, 7) is 0. The van der Waals surface area contributed by atoms with Crippen molar-refractivity contribution in [2.75, 3.05) is 14.2 Å². The van der Waals surface area contributed by atoms with Crippen LogP contribution in [0.3, 0.4) is 0 Å². The second-order valence-corrected chi connectivity index (χ2v) is 2.88. The minimum absolute atomic E-state index is 0.218. The average Bonchev–Trinajstić information content (AvgIpc) is 2.29. The number of hydrogen-bond acceptors (Lipinski definition) is 3. The number of methoxy groups -OCH3 is 2. The zero-order valence-electron chi connectivity index (χ0n) is 8.79. The second kappa shape index (κ2) is 5.25. The van der Waals surface area contributed by atoms with Crippen molar-refractivity contribution in [2.24, 2.45) is 0 Å². The van der Waals surface area contributed by atoms with Crippen LogP contribution in [-0.2, 0) is 9.53 Å². The largest absolute Gasteiger partial charge is 0.494 e. The molecule has 1 rings (SSSR count). The summed E-state index contributed by atoms with van der Waals surface area (Å²) < 4.78 is 35.1. The molecule has 0 aromatic heterocycles. The van der Waals surface area contributed by atoms with Gasteiger partial charge in [0.2, 0.25) is 5.82 Å². The summed E-state index contributed by atoms with van der Waals surface area (Å²) in [4.78, 5) is 10.8. The maximum absolute atomic E-state index is 13.0. The van der Waals surface area contributed by atoms with Crippen LogP contribution in [-0.4, -0.2) is 20.2 Å². The highest BCUT2D eigenvalue weighted by molar-refractivity contribution is 5.86. The van der Waals surface area contributed by atoms with Crippen molar-refractivity contribution >= 4 is 12.0 Å². The quantitative estimate of drug-likeness (QED) is 0.587. The van der Waals surface area contributed by atoms with Crippen LogP contribution in [0.25, 0.3) is 6.08 Å². The highest BCUT2D eigenvalue weighted by Gasteiger charge is 2.09. The molecule has 1 aromatic carbocycles. The number of carbonyl (C=O) groups excluding carboxylic acids is 1. The van der Waals surface area contributed by atoms with Crippen molar-refractivity contribution in [3.05, 3.63) is 35.4 Å². The Balaban J connectivity index is 3.03. The minimum Gasteiger partial charge on any atom is -0.494 e. The number of benzene rings is 1. The smallest absolute Gasteiger partial charge is 0.330 e. The van der Waals surface area contributed by atoms with Gasteiger partial charge >= 0.3 is 5.97 Å². The van der Waals surface area contributed by atoms with E-state index in [2.05, 4.69) is 9.47 Å². The van der Waals surface area contributed by atoms with E-state index in [1.54, 1.807) is 0 Å². The third-order valence-corrected chi connectivity index (χ3v) is 1.85. The van der Waals surface area contributed by atoms with Gasteiger partial charge in [-0.2, -0.15) is 4.39 Å². The fraction of sp³-hybridized carbons (Fsp3) is 0.182. The molecule has 16 heavy (non-hydrogen) atoms. The number of carbonyl (C=O) groups is 1. The van der Waals surface area contributed by atoms with Crippen LogP contribution in [0.5, 0.6) is 5.75 Å². The summed E-state index contributed by atoms with van der Waals surface area (Å²) in [6.07, 6.45) is 2.41. The van der Waals surface area contributed by atoms with Crippen LogP contribution in [0.2, 0.25) is 0 Å². The van der Waals surface area contributed by atoms with Crippen molar-refractivity contribution < 1.29 is 23.0 Å². The molecule has 0 saturated carbocycles. The summed E-state index contributed by atoms with van der Waals surface area (Å²) >= 11 is 0. The molecular formula is C11H10F2O3. The zero-order chi connectivity index (χ0) is 12.1. The van der Waals surface area contributed by atoms with Gasteiger partial charge in [-0.05, 0) is 23.8 Å². The lowest BCUT2D eigenvalue weighted by Gasteiger charge is -2.03. The first-order valence-electron chi connectivity index (χ1n) is 4.37. The molecule has 0 aliphatic heterocycles. The SMILES string of the molecule is COC(=O)C=Cc1cc(F)c(F)c(OC)c1. The monoisotopic (exact) mass is 228 g/mol. The first-order valence-corrected chi connectivity index (χ1v) is 4.37. The number of ether oxygens (including phenoxy) is 2. The molecule has 0 aliphatic carbocycles. The molecule has 5 heteroatoms. The lowest BCUT2D eigenvalue weighted by molar-refractivity contribution is -0.134. The molecule has 86 valence electrons. The fourth-order valence-electron chi connectivity index (χ4n) is 1.06. The highest BCUT2D eigenvalue weighted by Crippen LogP contribution is 2.22. The Bertz CT molecular complexity index is 427. The van der Waals surface area contributed by atoms with Crippen LogP contribution < -0.4 is 4.74 Å². The van der Waals surface area contributed by atoms with Gasteiger partial charge in [0.15, 0.2) is 11.6 Å². The van der Waals surface area contributed by atoms with Gasteiger partial charge < -0.3 is 9.47 Å². The van der Waals surface area contributed by atoms with E-state index in [9.17, 15) is 13.6 Å². The number of hydrogen-bond donors (Lipinski definition) is 0. The zero-order valence-corrected chi connectivity index (χ0v) is 8.79. The minimum atomic E-state index is -1.06. The van der Waals surface area contributed by atoms with Gasteiger partial charge in [0, 0.05) is 6.08 Å². The molecule has 0 bridgehead atoms. The predicted molar refractivity (Wildman–Crippen MR) is 54.0 cm³/mol. The Hall–Kier alpha value is -1.91. The molecule has 1 aromatic rings. The molecule has 0 saturated heterocycles. The molecule has 0 spiro atoms. The average molecular weight is 228 g/mol. The topological polar surface area (TPSA) is 35.5 Å². The Labute approximate surface area is 91.3 Å². The maximum Gasteiger partial charge on any atom is 0.330 e. The van der Waals surface area contributed by atoms with Gasteiger partial charge in [-0.25, -0.2) is 9.18 Å². The van der Waals surface area contributed by atoms with Crippen molar-refractivity contribution in [2.45, 2.75) is 0 Å². The molecule has 0 atom stereocenters. The van der Waals surface area contributed by atoms with Crippen LogP contribution in [0, 0.1) is 11.6 Å². The van der Waals surface area contributed by atoms with Crippen molar-refractivity contribution in [3.63, 3.8) is 0 Å². The number of rotatable bonds is 3. The molecule has 0 aliphatic rings. The Kier molecular flexibility index (Phi) is 3.99. The highest BCUT2D eigenvalue weighted by atomic mass is 19.2. The molecule has 0 amide bonds. The lowest BCUT2D eigenvalue weighted by atomic mass is 10.2. The van der Waals surface area contributed by atoms with Crippen LogP contribution in [0.15, 0.2) is 18.2 Å². The summed E-state index contributed by atoms with van der Waals surface area (Å²) in [5.74, 6) is -2.89. The summed E-state index contributed by atoms with van der Waals surface area (Å²) in [5, 5.41) is 0. The first kappa shape index (κ1) is 12.2. The van der Waals surface area contributed by atoms with Crippen molar-refractivity contribution in [1.82, 2.24) is 0 Å². The van der Waals surface area contributed by atoms with E-state index in [0.29, 0.717) is 5.56 Å². The van der Waals surface area contributed by atoms with Gasteiger partial charge in [0.1, 0.15) is 0 Å². The Morgan fingerprint density at radius 2 is 2.00 bits per heavy atom. The maximum atomic E-state index is 13.0. The van der Waals surface area contributed by atoms with E-state index in [4.69, 9.17) is 0 Å². The standard InChI is InChI=1S/C11H10F2O3/c1-15-9-6-7(3-4-10(14)16-2)5-8(12)11(9)13/h3-6H,1-2H3.